The Morgan fingerprint density at radius 3 is 2.96 bits per heavy atom. The predicted octanol–water partition coefficient (Wildman–Crippen LogP) is 4.58. The van der Waals surface area contributed by atoms with Crippen molar-refractivity contribution in [1.29, 1.82) is 0 Å². The highest BCUT2D eigenvalue weighted by atomic mass is 32.2. The Balaban J connectivity index is 1.69. The molecule has 1 aliphatic carbocycles. The van der Waals surface area contributed by atoms with E-state index in [4.69, 9.17) is 0 Å². The number of hydrogen-bond donors (Lipinski definition) is 1. The third kappa shape index (κ3) is 4.39. The molecule has 0 amide bonds. The maximum atomic E-state index is 12.5. The van der Waals surface area contributed by atoms with Crippen LogP contribution in [0, 0.1) is 0 Å². The summed E-state index contributed by atoms with van der Waals surface area (Å²) in [7, 11) is -3.46. The molecule has 0 radical (unpaired) electrons. The number of benzene rings is 1. The van der Waals surface area contributed by atoms with Crippen LogP contribution in [0.1, 0.15) is 39.0 Å². The Bertz CT molecular complexity index is 841. The van der Waals surface area contributed by atoms with Gasteiger partial charge in [0.25, 0.3) is 0 Å². The van der Waals surface area contributed by atoms with Crippen LogP contribution in [0.4, 0.5) is 0 Å². The molecule has 7 heteroatoms. The first-order valence-electron chi connectivity index (χ1n) is 8.29. The number of hydrogen-bond acceptors (Lipinski definition) is 5. The number of rotatable bonds is 7. The Morgan fingerprint density at radius 1 is 1.33 bits per heavy atom. The molecule has 0 unspecified atom stereocenters. The third-order valence-corrected chi connectivity index (χ3v) is 7.54. The summed E-state index contributed by atoms with van der Waals surface area (Å²) in [6.45, 7) is 2.55. The molecule has 1 N–H and O–H groups in total. The number of nitrogens with zero attached hydrogens (tertiary/aromatic N) is 1. The molecule has 4 nitrogen and oxygen atoms in total. The number of allylic oxidation sites excluding steroid dienone is 1. The molecule has 1 heterocycles. The Kier molecular flexibility index (Phi) is 5.97. The molecule has 0 bridgehead atoms. The van der Waals surface area contributed by atoms with Gasteiger partial charge in [0.2, 0.25) is 10.0 Å². The fourth-order valence-corrected chi connectivity index (χ4v) is 5.93. The smallest absolute Gasteiger partial charge is 0.230 e. The highest BCUT2D eigenvalue weighted by molar-refractivity contribution is 8.01. The summed E-state index contributed by atoms with van der Waals surface area (Å²) in [5, 5.41) is 0. The van der Waals surface area contributed by atoms with E-state index in [0.717, 1.165) is 39.6 Å². The molecule has 0 saturated carbocycles. The zero-order chi connectivity index (χ0) is 17.0. The highest BCUT2D eigenvalue weighted by Gasteiger charge is 2.16. The van der Waals surface area contributed by atoms with Crippen LogP contribution in [0.25, 0.3) is 10.2 Å². The van der Waals surface area contributed by atoms with Gasteiger partial charge < -0.3 is 0 Å². The van der Waals surface area contributed by atoms with Gasteiger partial charge in [-0.3, -0.25) is 0 Å². The van der Waals surface area contributed by atoms with Crippen LogP contribution in [0.3, 0.4) is 0 Å². The van der Waals surface area contributed by atoms with Gasteiger partial charge in [0.15, 0.2) is 4.34 Å². The monoisotopic (exact) mass is 382 g/mol. The topological polar surface area (TPSA) is 59.1 Å². The van der Waals surface area contributed by atoms with Crippen LogP contribution in [-0.4, -0.2) is 25.7 Å². The van der Waals surface area contributed by atoms with Crippen molar-refractivity contribution in [2.45, 2.75) is 48.3 Å². The average molecular weight is 383 g/mol. The van der Waals surface area contributed by atoms with Gasteiger partial charge in [-0.1, -0.05) is 30.3 Å². The summed E-state index contributed by atoms with van der Waals surface area (Å²) in [4.78, 5) is 4.83. The van der Waals surface area contributed by atoms with E-state index >= 15 is 0 Å². The Hall–Kier alpha value is -0.890. The number of nitrogens with one attached hydrogen (secondary N) is 1. The van der Waals surface area contributed by atoms with Crippen LogP contribution >= 0.6 is 23.1 Å². The normalized spacial score (nSPS) is 15.6. The summed E-state index contributed by atoms with van der Waals surface area (Å²) >= 11 is 3.23. The minimum atomic E-state index is -3.46. The fourth-order valence-electron chi connectivity index (χ4n) is 2.80. The molecule has 0 saturated heterocycles. The minimum Gasteiger partial charge on any atom is -0.230 e. The van der Waals surface area contributed by atoms with E-state index in [1.165, 1.54) is 18.4 Å². The molecular weight excluding hydrogens is 360 g/mol. The molecule has 1 aliphatic rings. The van der Waals surface area contributed by atoms with Crippen molar-refractivity contribution in [3.05, 3.63) is 29.8 Å². The number of thioether (sulfide) groups is 1. The predicted molar refractivity (Wildman–Crippen MR) is 102 cm³/mol. The zero-order valence-electron chi connectivity index (χ0n) is 13.7. The first-order valence-corrected chi connectivity index (χ1v) is 11.6. The molecule has 1 aromatic carbocycles. The van der Waals surface area contributed by atoms with Crippen molar-refractivity contribution < 1.29 is 8.42 Å². The van der Waals surface area contributed by atoms with Gasteiger partial charge in [-0.25, -0.2) is 18.1 Å². The Morgan fingerprint density at radius 2 is 2.21 bits per heavy atom. The van der Waals surface area contributed by atoms with Gasteiger partial charge in [-0.2, -0.15) is 0 Å². The fraction of sp³-hybridized carbons (Fsp3) is 0.471. The number of fused-ring (bicyclic) bond motifs is 1. The SMILES string of the molecule is CCSc1nc2ccc(S(=O)(=O)NCCC3=CCCCC3)cc2s1. The second-order valence-corrected chi connectivity index (χ2v) is 10.1. The molecule has 0 atom stereocenters. The quantitative estimate of drug-likeness (QED) is 0.562. The van der Waals surface area contributed by atoms with Crippen molar-refractivity contribution in [3.8, 4) is 0 Å². The van der Waals surface area contributed by atoms with Gasteiger partial charge in [-0.05, 0) is 56.1 Å². The van der Waals surface area contributed by atoms with Crippen LogP contribution < -0.4 is 4.72 Å². The van der Waals surface area contributed by atoms with Gasteiger partial charge in [0.1, 0.15) is 0 Å². The maximum absolute atomic E-state index is 12.5. The molecule has 130 valence electrons. The Labute approximate surface area is 151 Å². The van der Waals surface area contributed by atoms with Gasteiger partial charge in [-0.15, -0.1) is 11.3 Å². The average Bonchev–Trinajstić information content (AvgIpc) is 2.97. The van der Waals surface area contributed by atoms with Gasteiger partial charge >= 0.3 is 0 Å². The zero-order valence-corrected chi connectivity index (χ0v) is 16.2. The molecule has 0 spiro atoms. The molecule has 24 heavy (non-hydrogen) atoms. The second kappa shape index (κ2) is 7.99. The first-order chi connectivity index (χ1) is 11.6. The number of sulfonamides is 1. The molecular formula is C17H22N2O2S3. The highest BCUT2D eigenvalue weighted by Crippen LogP contribution is 2.30. The van der Waals surface area contributed by atoms with Crippen LogP contribution in [0.5, 0.6) is 0 Å². The maximum Gasteiger partial charge on any atom is 0.240 e. The van der Waals surface area contributed by atoms with Crippen molar-refractivity contribution in [3.63, 3.8) is 0 Å². The summed E-state index contributed by atoms with van der Waals surface area (Å²) in [6.07, 6.45) is 7.77. The third-order valence-electron chi connectivity index (χ3n) is 4.04. The lowest BCUT2D eigenvalue weighted by Crippen LogP contribution is -2.25. The first kappa shape index (κ1) is 17.9. The number of thiazole rings is 1. The van der Waals surface area contributed by atoms with E-state index in [1.54, 1.807) is 41.3 Å². The van der Waals surface area contributed by atoms with E-state index in [-0.39, 0.29) is 0 Å². The van der Waals surface area contributed by atoms with Crippen molar-refractivity contribution in [1.82, 2.24) is 9.71 Å². The van der Waals surface area contributed by atoms with E-state index in [2.05, 4.69) is 22.7 Å². The lowest BCUT2D eigenvalue weighted by atomic mass is 9.97. The summed E-state index contributed by atoms with van der Waals surface area (Å²) in [5.74, 6) is 0.961. The number of aromatic nitrogens is 1. The van der Waals surface area contributed by atoms with E-state index in [9.17, 15) is 8.42 Å². The van der Waals surface area contributed by atoms with Crippen LogP contribution in [-0.2, 0) is 10.0 Å². The van der Waals surface area contributed by atoms with Crippen molar-refractivity contribution >= 4 is 43.3 Å². The molecule has 0 aliphatic heterocycles. The summed E-state index contributed by atoms with van der Waals surface area (Å²) in [5.41, 5.74) is 2.24. The van der Waals surface area contributed by atoms with Crippen molar-refractivity contribution in [2.24, 2.45) is 0 Å². The standard InChI is InChI=1S/C17H22N2O2S3/c1-2-22-17-19-15-9-8-14(12-16(15)23-17)24(20,21)18-11-10-13-6-4-3-5-7-13/h6,8-9,12,18H,2-5,7,10-11H2,1H3. The van der Waals surface area contributed by atoms with E-state index < -0.39 is 10.0 Å². The summed E-state index contributed by atoms with van der Waals surface area (Å²) in [6, 6.07) is 5.17. The molecule has 2 aromatic rings. The lowest BCUT2D eigenvalue weighted by molar-refractivity contribution is 0.579. The lowest BCUT2D eigenvalue weighted by Gasteiger charge is -2.13. The largest absolute Gasteiger partial charge is 0.240 e. The van der Waals surface area contributed by atoms with Crippen LogP contribution in [0.2, 0.25) is 0 Å². The van der Waals surface area contributed by atoms with Crippen molar-refractivity contribution in [2.75, 3.05) is 12.3 Å². The van der Waals surface area contributed by atoms with Gasteiger partial charge in [0, 0.05) is 6.54 Å². The molecule has 1 aromatic heterocycles. The van der Waals surface area contributed by atoms with Gasteiger partial charge in [0.05, 0.1) is 15.1 Å². The minimum absolute atomic E-state index is 0.323. The second-order valence-electron chi connectivity index (χ2n) is 5.80. The summed E-state index contributed by atoms with van der Waals surface area (Å²) < 4.78 is 29.6. The molecule has 3 rings (SSSR count). The van der Waals surface area contributed by atoms with E-state index in [0.29, 0.717) is 11.4 Å². The molecule has 0 fully saturated rings. The van der Waals surface area contributed by atoms with E-state index in [1.807, 2.05) is 0 Å². The van der Waals surface area contributed by atoms with Crippen LogP contribution in [0.15, 0.2) is 39.1 Å².